The van der Waals surface area contributed by atoms with Crippen molar-refractivity contribution in [2.75, 3.05) is 0 Å². The van der Waals surface area contributed by atoms with Gasteiger partial charge in [0.15, 0.2) is 0 Å². The highest BCUT2D eigenvalue weighted by molar-refractivity contribution is 7.89. The SMILES string of the molecule is CC(NS(=O)(=O)c1ccc(Cl)cc1)C(=O)NNC(=O)c1ccccc1. The lowest BCUT2D eigenvalue weighted by atomic mass is 10.2. The summed E-state index contributed by atoms with van der Waals surface area (Å²) < 4.78 is 26.6. The first-order valence-corrected chi connectivity index (χ1v) is 9.09. The van der Waals surface area contributed by atoms with E-state index < -0.39 is 27.9 Å². The summed E-state index contributed by atoms with van der Waals surface area (Å²) in [5.41, 5.74) is 4.76. The predicted molar refractivity (Wildman–Crippen MR) is 93.3 cm³/mol. The smallest absolute Gasteiger partial charge is 0.269 e. The number of carbonyl (C=O) groups excluding carboxylic acids is 2. The van der Waals surface area contributed by atoms with Gasteiger partial charge < -0.3 is 0 Å². The lowest BCUT2D eigenvalue weighted by Crippen LogP contribution is -2.51. The van der Waals surface area contributed by atoms with Crippen LogP contribution in [-0.2, 0) is 14.8 Å². The van der Waals surface area contributed by atoms with Crippen molar-refractivity contribution < 1.29 is 18.0 Å². The number of benzene rings is 2. The van der Waals surface area contributed by atoms with Gasteiger partial charge >= 0.3 is 0 Å². The number of hydrogen-bond donors (Lipinski definition) is 3. The molecule has 0 aliphatic rings. The maximum Gasteiger partial charge on any atom is 0.269 e. The first-order chi connectivity index (χ1) is 11.8. The molecular formula is C16H16ClN3O4S. The molecule has 2 amide bonds. The third kappa shape index (κ3) is 5.28. The topological polar surface area (TPSA) is 104 Å². The summed E-state index contributed by atoms with van der Waals surface area (Å²) in [6, 6.07) is 12.7. The van der Waals surface area contributed by atoms with Gasteiger partial charge in [-0.25, -0.2) is 8.42 Å². The summed E-state index contributed by atoms with van der Waals surface area (Å²) in [6.45, 7) is 1.36. The summed E-state index contributed by atoms with van der Waals surface area (Å²) in [5.74, 6) is -1.22. The molecule has 0 saturated heterocycles. The standard InChI is InChI=1S/C16H16ClN3O4S/c1-11(20-25(23,24)14-9-7-13(17)8-10-14)15(21)18-19-16(22)12-5-3-2-4-6-12/h2-11,20H,1H3,(H,18,21)(H,19,22). The van der Waals surface area contributed by atoms with Crippen LogP contribution in [-0.4, -0.2) is 26.3 Å². The highest BCUT2D eigenvalue weighted by Crippen LogP contribution is 2.14. The van der Waals surface area contributed by atoms with Crippen molar-refractivity contribution in [2.24, 2.45) is 0 Å². The Morgan fingerprint density at radius 1 is 0.960 bits per heavy atom. The molecule has 0 aromatic heterocycles. The number of rotatable bonds is 5. The van der Waals surface area contributed by atoms with Gasteiger partial charge in [0.2, 0.25) is 10.0 Å². The monoisotopic (exact) mass is 381 g/mol. The van der Waals surface area contributed by atoms with Crippen molar-refractivity contribution in [1.82, 2.24) is 15.6 Å². The largest absolute Gasteiger partial charge is 0.271 e. The van der Waals surface area contributed by atoms with Crippen LogP contribution in [0.4, 0.5) is 0 Å². The number of nitrogens with one attached hydrogen (secondary N) is 3. The molecule has 7 nitrogen and oxygen atoms in total. The first kappa shape index (κ1) is 18.9. The van der Waals surface area contributed by atoms with Gasteiger partial charge in [0, 0.05) is 10.6 Å². The van der Waals surface area contributed by atoms with E-state index in [1.165, 1.54) is 31.2 Å². The molecule has 0 fully saturated rings. The molecule has 0 bridgehead atoms. The Morgan fingerprint density at radius 3 is 2.16 bits per heavy atom. The number of amides is 2. The van der Waals surface area contributed by atoms with Crippen molar-refractivity contribution >= 4 is 33.4 Å². The second kappa shape index (κ2) is 8.11. The van der Waals surface area contributed by atoms with E-state index in [2.05, 4.69) is 15.6 Å². The molecule has 2 aromatic rings. The summed E-state index contributed by atoms with van der Waals surface area (Å²) in [4.78, 5) is 23.8. The Morgan fingerprint density at radius 2 is 1.56 bits per heavy atom. The predicted octanol–water partition coefficient (Wildman–Crippen LogP) is 1.47. The molecule has 2 aromatic carbocycles. The van der Waals surface area contributed by atoms with Gasteiger partial charge in [-0.1, -0.05) is 29.8 Å². The van der Waals surface area contributed by atoms with E-state index in [0.717, 1.165) is 0 Å². The van der Waals surface area contributed by atoms with Crippen LogP contribution in [0.5, 0.6) is 0 Å². The molecule has 0 aliphatic heterocycles. The number of hydrogen-bond acceptors (Lipinski definition) is 4. The van der Waals surface area contributed by atoms with Gasteiger partial charge in [0.1, 0.15) is 0 Å². The van der Waals surface area contributed by atoms with Gasteiger partial charge in [-0.2, -0.15) is 4.72 Å². The molecule has 1 unspecified atom stereocenters. The van der Waals surface area contributed by atoms with Crippen LogP contribution in [0.15, 0.2) is 59.5 Å². The van der Waals surface area contributed by atoms with Crippen LogP contribution < -0.4 is 15.6 Å². The van der Waals surface area contributed by atoms with Crippen LogP contribution in [0, 0.1) is 0 Å². The fraction of sp³-hybridized carbons (Fsp3) is 0.125. The van der Waals surface area contributed by atoms with Crippen LogP contribution in [0.25, 0.3) is 0 Å². The van der Waals surface area contributed by atoms with Crippen molar-refractivity contribution in [3.63, 3.8) is 0 Å². The Labute approximate surface area is 150 Å². The van der Waals surface area contributed by atoms with E-state index in [-0.39, 0.29) is 4.90 Å². The second-order valence-electron chi connectivity index (χ2n) is 5.11. The van der Waals surface area contributed by atoms with Crippen LogP contribution in [0.2, 0.25) is 5.02 Å². The van der Waals surface area contributed by atoms with Crippen molar-refractivity contribution in [3.05, 3.63) is 65.2 Å². The quantitative estimate of drug-likeness (QED) is 0.682. The second-order valence-corrected chi connectivity index (χ2v) is 7.26. The Bertz CT molecular complexity index is 855. The molecule has 9 heteroatoms. The van der Waals surface area contributed by atoms with Gasteiger partial charge in [0.25, 0.3) is 11.8 Å². The summed E-state index contributed by atoms with van der Waals surface area (Å²) in [7, 11) is -3.89. The first-order valence-electron chi connectivity index (χ1n) is 7.23. The molecule has 0 spiro atoms. The average molecular weight is 382 g/mol. The third-order valence-corrected chi connectivity index (χ3v) is 4.99. The zero-order chi connectivity index (χ0) is 18.4. The van der Waals surface area contributed by atoms with E-state index in [9.17, 15) is 18.0 Å². The molecule has 0 radical (unpaired) electrons. The normalized spacial score (nSPS) is 12.2. The zero-order valence-electron chi connectivity index (χ0n) is 13.2. The number of sulfonamides is 1. The molecule has 3 N–H and O–H groups in total. The van der Waals surface area contributed by atoms with Gasteiger partial charge in [-0.3, -0.25) is 20.4 Å². The average Bonchev–Trinajstić information content (AvgIpc) is 2.60. The van der Waals surface area contributed by atoms with E-state index in [1.54, 1.807) is 30.3 Å². The lowest BCUT2D eigenvalue weighted by molar-refractivity contribution is -0.123. The fourth-order valence-corrected chi connectivity index (χ4v) is 3.19. The van der Waals surface area contributed by atoms with Crippen molar-refractivity contribution in [3.8, 4) is 0 Å². The highest BCUT2D eigenvalue weighted by Gasteiger charge is 2.22. The number of halogens is 1. The minimum Gasteiger partial charge on any atom is -0.271 e. The minimum atomic E-state index is -3.89. The van der Waals surface area contributed by atoms with E-state index >= 15 is 0 Å². The molecule has 2 rings (SSSR count). The molecule has 1 atom stereocenters. The van der Waals surface area contributed by atoms with Gasteiger partial charge in [0.05, 0.1) is 10.9 Å². The summed E-state index contributed by atoms with van der Waals surface area (Å²) >= 11 is 5.72. The number of hydrazine groups is 1. The molecular weight excluding hydrogens is 366 g/mol. The maximum absolute atomic E-state index is 12.2. The highest BCUT2D eigenvalue weighted by atomic mass is 35.5. The number of carbonyl (C=O) groups is 2. The summed E-state index contributed by atoms with van der Waals surface area (Å²) in [5, 5.41) is 0.397. The zero-order valence-corrected chi connectivity index (χ0v) is 14.8. The molecule has 0 saturated carbocycles. The third-order valence-electron chi connectivity index (χ3n) is 3.18. The van der Waals surface area contributed by atoms with E-state index in [1.807, 2.05) is 0 Å². The Balaban J connectivity index is 1.93. The van der Waals surface area contributed by atoms with E-state index in [4.69, 9.17) is 11.6 Å². The van der Waals surface area contributed by atoms with Crippen molar-refractivity contribution in [2.45, 2.75) is 17.9 Å². The van der Waals surface area contributed by atoms with Crippen molar-refractivity contribution in [1.29, 1.82) is 0 Å². The lowest BCUT2D eigenvalue weighted by Gasteiger charge is -2.15. The Hall–Kier alpha value is -2.42. The Kier molecular flexibility index (Phi) is 6.13. The fourth-order valence-electron chi connectivity index (χ4n) is 1.86. The minimum absolute atomic E-state index is 0.0233. The molecule has 0 aliphatic carbocycles. The molecule has 132 valence electrons. The van der Waals surface area contributed by atoms with Crippen LogP contribution in [0.1, 0.15) is 17.3 Å². The molecule has 25 heavy (non-hydrogen) atoms. The van der Waals surface area contributed by atoms with Crippen LogP contribution in [0.3, 0.4) is 0 Å². The van der Waals surface area contributed by atoms with Crippen LogP contribution >= 0.6 is 11.6 Å². The molecule has 0 heterocycles. The van der Waals surface area contributed by atoms with Gasteiger partial charge in [-0.15, -0.1) is 0 Å². The maximum atomic E-state index is 12.2. The summed E-state index contributed by atoms with van der Waals surface area (Å²) in [6.07, 6.45) is 0. The van der Waals surface area contributed by atoms with Gasteiger partial charge in [-0.05, 0) is 43.3 Å². The van der Waals surface area contributed by atoms with E-state index in [0.29, 0.717) is 10.6 Å².